The average molecular weight is 646 g/mol. The van der Waals surface area contributed by atoms with Crippen LogP contribution in [-0.4, -0.2) is 17.7 Å². The van der Waals surface area contributed by atoms with Gasteiger partial charge in [-0.05, 0) is 90.7 Å². The molecule has 0 spiro atoms. The number of rotatable bonds is 10. The van der Waals surface area contributed by atoms with E-state index in [1.54, 1.807) is 54.6 Å². The summed E-state index contributed by atoms with van der Waals surface area (Å²) in [4.78, 5) is 40.9. The standard InChI is InChI=1S/C38H32ClN3O3S/c1-25-12-9-10-17-29(25)24-34(42-36(43)28-15-7-4-8-16-28)37(44)40-30-20-22-31(23-21-30)46-35(27-13-5-3-6-14-27)38(45)41-33-19-11-18-32(39)26(33)2/h3-24,35H,1-2H3,(H,40,44)(H,41,45)(H,42,43)/b34-24-. The summed E-state index contributed by atoms with van der Waals surface area (Å²) in [5.41, 5.74) is 5.16. The van der Waals surface area contributed by atoms with Gasteiger partial charge < -0.3 is 16.0 Å². The second-order valence-corrected chi connectivity index (χ2v) is 12.1. The number of nitrogens with one attached hydrogen (secondary N) is 3. The summed E-state index contributed by atoms with van der Waals surface area (Å²) < 4.78 is 0. The number of amides is 3. The van der Waals surface area contributed by atoms with Crippen molar-refractivity contribution in [2.45, 2.75) is 24.0 Å². The number of carbonyl (C=O) groups excluding carboxylic acids is 3. The highest BCUT2D eigenvalue weighted by molar-refractivity contribution is 8.00. The molecule has 0 heterocycles. The quantitative estimate of drug-likeness (QED) is 0.105. The van der Waals surface area contributed by atoms with Crippen LogP contribution in [0.5, 0.6) is 0 Å². The van der Waals surface area contributed by atoms with Crippen LogP contribution in [0.1, 0.15) is 37.9 Å². The summed E-state index contributed by atoms with van der Waals surface area (Å²) in [5.74, 6) is -1.04. The highest BCUT2D eigenvalue weighted by Gasteiger charge is 2.23. The fourth-order valence-electron chi connectivity index (χ4n) is 4.64. The number of anilines is 2. The van der Waals surface area contributed by atoms with Crippen LogP contribution in [0.25, 0.3) is 6.08 Å². The smallest absolute Gasteiger partial charge is 0.272 e. The fraction of sp³-hybridized carbons (Fsp3) is 0.0789. The molecule has 0 aromatic heterocycles. The second-order valence-electron chi connectivity index (χ2n) is 10.5. The Morgan fingerprint density at radius 1 is 0.717 bits per heavy atom. The van der Waals surface area contributed by atoms with Crippen molar-refractivity contribution in [1.29, 1.82) is 0 Å². The molecule has 0 bridgehead atoms. The molecule has 46 heavy (non-hydrogen) atoms. The van der Waals surface area contributed by atoms with Gasteiger partial charge in [-0.25, -0.2) is 0 Å². The molecule has 0 fully saturated rings. The zero-order chi connectivity index (χ0) is 32.5. The molecule has 5 rings (SSSR count). The molecule has 5 aromatic rings. The van der Waals surface area contributed by atoms with E-state index in [9.17, 15) is 14.4 Å². The van der Waals surface area contributed by atoms with Crippen molar-refractivity contribution < 1.29 is 14.4 Å². The van der Waals surface area contributed by atoms with E-state index in [4.69, 9.17) is 11.6 Å². The highest BCUT2D eigenvalue weighted by Crippen LogP contribution is 2.37. The molecule has 0 aliphatic carbocycles. The largest absolute Gasteiger partial charge is 0.325 e. The van der Waals surface area contributed by atoms with E-state index in [1.807, 2.05) is 92.7 Å². The first-order chi connectivity index (χ1) is 22.3. The molecule has 3 N–H and O–H groups in total. The van der Waals surface area contributed by atoms with Crippen LogP contribution in [0.4, 0.5) is 11.4 Å². The molecule has 0 aliphatic rings. The number of thioether (sulfide) groups is 1. The molecule has 1 atom stereocenters. The van der Waals surface area contributed by atoms with Gasteiger partial charge in [-0.1, -0.05) is 90.5 Å². The van der Waals surface area contributed by atoms with Crippen molar-refractivity contribution in [1.82, 2.24) is 5.32 Å². The molecule has 8 heteroatoms. The maximum Gasteiger partial charge on any atom is 0.272 e. The van der Waals surface area contributed by atoms with E-state index in [0.29, 0.717) is 22.0 Å². The monoisotopic (exact) mass is 645 g/mol. The molecular weight excluding hydrogens is 614 g/mol. The SMILES string of the molecule is Cc1ccccc1/C=C(\NC(=O)c1ccccc1)C(=O)Nc1ccc(SC(C(=O)Nc2cccc(Cl)c2C)c2ccccc2)cc1. The molecule has 1 unspecified atom stereocenters. The van der Waals surface area contributed by atoms with Crippen LogP contribution >= 0.6 is 23.4 Å². The Morgan fingerprint density at radius 2 is 1.37 bits per heavy atom. The van der Waals surface area contributed by atoms with E-state index in [1.165, 1.54) is 11.8 Å². The Hall–Kier alpha value is -5.11. The summed E-state index contributed by atoms with van der Waals surface area (Å²) in [6.07, 6.45) is 1.67. The summed E-state index contributed by atoms with van der Waals surface area (Å²) in [5, 5.41) is 8.74. The van der Waals surface area contributed by atoms with Crippen molar-refractivity contribution in [3.05, 3.63) is 166 Å². The predicted octanol–water partition coefficient (Wildman–Crippen LogP) is 8.84. The zero-order valence-electron chi connectivity index (χ0n) is 25.3. The van der Waals surface area contributed by atoms with Crippen molar-refractivity contribution in [2.75, 3.05) is 10.6 Å². The third kappa shape index (κ3) is 8.33. The normalized spacial score (nSPS) is 11.8. The highest BCUT2D eigenvalue weighted by atomic mass is 35.5. The van der Waals surface area contributed by atoms with Crippen LogP contribution < -0.4 is 16.0 Å². The van der Waals surface area contributed by atoms with Gasteiger partial charge in [-0.15, -0.1) is 11.8 Å². The second kappa shape index (κ2) is 15.3. The summed E-state index contributed by atoms with van der Waals surface area (Å²) >= 11 is 7.68. The Morgan fingerprint density at radius 3 is 2.07 bits per heavy atom. The van der Waals surface area contributed by atoms with Gasteiger partial charge in [0.1, 0.15) is 10.9 Å². The molecule has 6 nitrogen and oxygen atoms in total. The van der Waals surface area contributed by atoms with Gasteiger partial charge in [0.25, 0.3) is 11.8 Å². The van der Waals surface area contributed by atoms with Crippen molar-refractivity contribution in [3.63, 3.8) is 0 Å². The first kappa shape index (κ1) is 32.3. The molecule has 3 amide bonds. The zero-order valence-corrected chi connectivity index (χ0v) is 26.9. The molecule has 0 aliphatic heterocycles. The van der Waals surface area contributed by atoms with Crippen molar-refractivity contribution >= 4 is 58.5 Å². The van der Waals surface area contributed by atoms with E-state index in [2.05, 4.69) is 16.0 Å². The lowest BCUT2D eigenvalue weighted by atomic mass is 10.1. The van der Waals surface area contributed by atoms with Crippen molar-refractivity contribution in [3.8, 4) is 0 Å². The number of aryl methyl sites for hydroxylation is 1. The minimum absolute atomic E-state index is 0.110. The van der Waals surface area contributed by atoms with Crippen LogP contribution in [0.2, 0.25) is 5.02 Å². The number of halogens is 1. The summed E-state index contributed by atoms with van der Waals surface area (Å²) in [7, 11) is 0. The predicted molar refractivity (Wildman–Crippen MR) is 188 cm³/mol. The molecule has 5 aromatic carbocycles. The molecule has 0 radical (unpaired) electrons. The first-order valence-electron chi connectivity index (χ1n) is 14.6. The van der Waals surface area contributed by atoms with E-state index in [-0.39, 0.29) is 17.5 Å². The minimum Gasteiger partial charge on any atom is -0.325 e. The number of benzene rings is 5. The van der Waals surface area contributed by atoms with Crippen molar-refractivity contribution in [2.24, 2.45) is 0 Å². The van der Waals surface area contributed by atoms with Gasteiger partial charge in [-0.2, -0.15) is 0 Å². The van der Waals surface area contributed by atoms with Crippen LogP contribution in [0.15, 0.2) is 138 Å². The Labute approximate surface area is 277 Å². The Kier molecular flexibility index (Phi) is 10.7. The lowest BCUT2D eigenvalue weighted by molar-refractivity contribution is -0.116. The summed E-state index contributed by atoms with van der Waals surface area (Å²) in [6, 6.07) is 38.6. The molecule has 230 valence electrons. The molecular formula is C38H32ClN3O3S. The van der Waals surface area contributed by atoms with Crippen LogP contribution in [0.3, 0.4) is 0 Å². The topological polar surface area (TPSA) is 87.3 Å². The average Bonchev–Trinajstić information content (AvgIpc) is 3.07. The van der Waals surface area contributed by atoms with E-state index < -0.39 is 11.2 Å². The maximum absolute atomic E-state index is 13.6. The van der Waals surface area contributed by atoms with Gasteiger partial charge in [0, 0.05) is 26.9 Å². The van der Waals surface area contributed by atoms with Gasteiger partial charge in [0.15, 0.2) is 0 Å². The Bertz CT molecular complexity index is 1880. The molecule has 0 saturated carbocycles. The van der Waals surface area contributed by atoms with Gasteiger partial charge in [-0.3, -0.25) is 14.4 Å². The third-order valence-corrected chi connectivity index (χ3v) is 8.92. The van der Waals surface area contributed by atoms with E-state index in [0.717, 1.165) is 27.1 Å². The number of hydrogen-bond acceptors (Lipinski definition) is 4. The number of hydrogen-bond donors (Lipinski definition) is 3. The minimum atomic E-state index is -0.545. The van der Waals surface area contributed by atoms with Crippen LogP contribution in [-0.2, 0) is 9.59 Å². The lowest BCUT2D eigenvalue weighted by Crippen LogP contribution is -2.30. The van der Waals surface area contributed by atoms with Gasteiger partial charge in [0.05, 0.1) is 0 Å². The number of carbonyl (C=O) groups is 3. The Balaban J connectivity index is 1.34. The van der Waals surface area contributed by atoms with Gasteiger partial charge >= 0.3 is 0 Å². The summed E-state index contributed by atoms with van der Waals surface area (Å²) in [6.45, 7) is 3.81. The molecule has 0 saturated heterocycles. The first-order valence-corrected chi connectivity index (χ1v) is 15.9. The fourth-order valence-corrected chi connectivity index (χ4v) is 5.84. The van der Waals surface area contributed by atoms with E-state index >= 15 is 0 Å². The van der Waals surface area contributed by atoms with Crippen LogP contribution in [0, 0.1) is 13.8 Å². The third-order valence-electron chi connectivity index (χ3n) is 7.25. The lowest BCUT2D eigenvalue weighted by Gasteiger charge is -2.18. The van der Waals surface area contributed by atoms with Gasteiger partial charge in [0.2, 0.25) is 5.91 Å². The maximum atomic E-state index is 13.6.